The average molecular weight is 381 g/mol. The van der Waals surface area contributed by atoms with Gasteiger partial charge in [-0.05, 0) is 30.7 Å². The summed E-state index contributed by atoms with van der Waals surface area (Å²) in [5.74, 6) is 0.0385. The maximum Gasteiger partial charge on any atom is 0.573 e. The third-order valence-electron chi connectivity index (χ3n) is 3.55. The Morgan fingerprint density at radius 1 is 1.04 bits per heavy atom. The smallest absolute Gasteiger partial charge is 0.493 e. The van der Waals surface area contributed by atoms with E-state index in [0.29, 0.717) is 17.2 Å². The second-order valence-corrected chi connectivity index (χ2v) is 5.43. The molecule has 144 valence electrons. The van der Waals surface area contributed by atoms with Crippen molar-refractivity contribution in [2.45, 2.75) is 13.3 Å². The van der Waals surface area contributed by atoms with Crippen LogP contribution in [0.3, 0.4) is 0 Å². The van der Waals surface area contributed by atoms with Crippen molar-refractivity contribution in [3.8, 4) is 17.2 Å². The third kappa shape index (κ3) is 5.67. The van der Waals surface area contributed by atoms with E-state index in [1.807, 2.05) is 0 Å². The summed E-state index contributed by atoms with van der Waals surface area (Å²) >= 11 is 0. The van der Waals surface area contributed by atoms with Crippen molar-refractivity contribution in [2.75, 3.05) is 19.5 Å². The Labute approximate surface area is 154 Å². The van der Waals surface area contributed by atoms with E-state index in [1.165, 1.54) is 38.5 Å². The number of hydrogen-bond donors (Lipinski definition) is 1. The maximum atomic E-state index is 12.4. The normalized spacial score (nSPS) is 11.3. The maximum absolute atomic E-state index is 12.4. The molecule has 0 heterocycles. The molecule has 2 aromatic rings. The average Bonchev–Trinajstić information content (AvgIpc) is 2.61. The topological polar surface area (TPSA) is 56.8 Å². The lowest BCUT2D eigenvalue weighted by Gasteiger charge is -2.13. The largest absolute Gasteiger partial charge is 0.573 e. The zero-order valence-electron chi connectivity index (χ0n) is 14.9. The molecule has 0 bridgehead atoms. The van der Waals surface area contributed by atoms with Crippen LogP contribution in [0, 0.1) is 6.92 Å². The number of aryl methyl sites for hydroxylation is 1. The molecule has 0 fully saturated rings. The van der Waals surface area contributed by atoms with Gasteiger partial charge in [-0.3, -0.25) is 4.79 Å². The molecule has 0 radical (unpaired) electrons. The van der Waals surface area contributed by atoms with Gasteiger partial charge >= 0.3 is 6.36 Å². The fourth-order valence-corrected chi connectivity index (χ4v) is 2.29. The number of carbonyl (C=O) groups is 1. The number of rotatable bonds is 6. The van der Waals surface area contributed by atoms with Crippen LogP contribution in [0.5, 0.6) is 17.2 Å². The monoisotopic (exact) mass is 381 g/mol. The number of hydrogen-bond acceptors (Lipinski definition) is 4. The number of para-hydroxylation sites is 1. The van der Waals surface area contributed by atoms with Crippen LogP contribution in [0.2, 0.25) is 0 Å². The minimum Gasteiger partial charge on any atom is -0.493 e. The molecule has 5 nitrogen and oxygen atoms in total. The molecule has 1 N–H and O–H groups in total. The molecular formula is C19H18F3NO4. The number of amides is 1. The minimum absolute atomic E-state index is 0.119. The van der Waals surface area contributed by atoms with Crippen LogP contribution in [0.15, 0.2) is 42.5 Å². The molecule has 0 aliphatic heterocycles. The van der Waals surface area contributed by atoms with Crippen LogP contribution in [0.4, 0.5) is 18.9 Å². The summed E-state index contributed by atoms with van der Waals surface area (Å²) in [7, 11) is 2.97. The number of methoxy groups -OCH3 is 2. The lowest BCUT2D eigenvalue weighted by Crippen LogP contribution is -2.17. The van der Waals surface area contributed by atoms with E-state index in [-0.39, 0.29) is 5.56 Å². The van der Waals surface area contributed by atoms with E-state index in [4.69, 9.17) is 9.47 Å². The van der Waals surface area contributed by atoms with Crippen molar-refractivity contribution in [1.82, 2.24) is 0 Å². The van der Waals surface area contributed by atoms with E-state index >= 15 is 0 Å². The van der Waals surface area contributed by atoms with Crippen molar-refractivity contribution in [2.24, 2.45) is 0 Å². The number of ether oxygens (including phenoxy) is 3. The van der Waals surface area contributed by atoms with Crippen LogP contribution < -0.4 is 19.5 Å². The number of halogens is 3. The van der Waals surface area contributed by atoms with Gasteiger partial charge in [-0.2, -0.15) is 0 Å². The van der Waals surface area contributed by atoms with E-state index in [1.54, 1.807) is 25.1 Å². The van der Waals surface area contributed by atoms with Gasteiger partial charge in [-0.1, -0.05) is 18.2 Å². The summed E-state index contributed by atoms with van der Waals surface area (Å²) in [6.07, 6.45) is -2.45. The highest BCUT2D eigenvalue weighted by Gasteiger charge is 2.31. The van der Waals surface area contributed by atoms with Crippen LogP contribution in [0.25, 0.3) is 6.08 Å². The molecule has 1 amide bonds. The number of nitrogens with one attached hydrogen (secondary N) is 1. The molecule has 0 aliphatic rings. The Morgan fingerprint density at radius 3 is 2.30 bits per heavy atom. The van der Waals surface area contributed by atoms with Crippen LogP contribution in [-0.4, -0.2) is 26.5 Å². The molecule has 0 saturated carbocycles. The third-order valence-corrected chi connectivity index (χ3v) is 3.55. The molecular weight excluding hydrogens is 363 g/mol. The Hall–Kier alpha value is -3.16. The molecule has 0 atom stereocenters. The molecule has 0 spiro atoms. The minimum atomic E-state index is -4.82. The molecule has 0 unspecified atom stereocenters. The zero-order chi connectivity index (χ0) is 20.0. The highest BCUT2D eigenvalue weighted by Crippen LogP contribution is 2.33. The van der Waals surface area contributed by atoms with Crippen molar-refractivity contribution in [3.63, 3.8) is 0 Å². The molecule has 27 heavy (non-hydrogen) atoms. The molecule has 8 heteroatoms. The van der Waals surface area contributed by atoms with Crippen LogP contribution in [0.1, 0.15) is 11.1 Å². The first kappa shape index (κ1) is 20.2. The number of carbonyl (C=O) groups excluding carboxylic acids is 1. The van der Waals surface area contributed by atoms with Gasteiger partial charge in [0, 0.05) is 23.4 Å². The summed E-state index contributed by atoms with van der Waals surface area (Å²) in [6.45, 7) is 1.77. The molecule has 2 rings (SSSR count). The fourth-order valence-electron chi connectivity index (χ4n) is 2.29. The van der Waals surface area contributed by atoms with E-state index < -0.39 is 18.0 Å². The van der Waals surface area contributed by atoms with Gasteiger partial charge < -0.3 is 19.5 Å². The number of alkyl halides is 3. The number of anilines is 1. The highest BCUT2D eigenvalue weighted by molar-refractivity contribution is 6.02. The van der Waals surface area contributed by atoms with Gasteiger partial charge in [0.05, 0.1) is 14.2 Å². The lowest BCUT2D eigenvalue weighted by molar-refractivity contribution is -0.274. The molecule has 2 aromatic carbocycles. The first-order chi connectivity index (χ1) is 12.7. The SMILES string of the molecule is COc1cc(C)c(NC(=O)/C=C/c2ccccc2OC(F)(F)F)cc1OC. The molecule has 0 aromatic heterocycles. The van der Waals surface area contributed by atoms with Gasteiger partial charge in [0.2, 0.25) is 5.91 Å². The van der Waals surface area contributed by atoms with Gasteiger partial charge in [0.15, 0.2) is 11.5 Å². The van der Waals surface area contributed by atoms with Gasteiger partial charge in [0.1, 0.15) is 5.75 Å². The summed E-state index contributed by atoms with van der Waals surface area (Å²) in [4.78, 5) is 12.2. The van der Waals surface area contributed by atoms with Gasteiger partial charge in [-0.25, -0.2) is 0 Å². The van der Waals surface area contributed by atoms with Crippen molar-refractivity contribution < 1.29 is 32.2 Å². The standard InChI is InChI=1S/C19H18F3NO4/c1-12-10-16(25-2)17(26-3)11-14(12)23-18(24)9-8-13-6-4-5-7-15(13)27-19(20,21)22/h4-11H,1-3H3,(H,23,24)/b9-8+. The second-order valence-electron chi connectivity index (χ2n) is 5.43. The van der Waals surface area contributed by atoms with Crippen molar-refractivity contribution in [1.29, 1.82) is 0 Å². The van der Waals surface area contributed by atoms with Crippen molar-refractivity contribution >= 4 is 17.7 Å². The van der Waals surface area contributed by atoms with Gasteiger partial charge in [0.25, 0.3) is 0 Å². The van der Waals surface area contributed by atoms with Crippen LogP contribution >= 0.6 is 0 Å². The predicted molar refractivity (Wildman–Crippen MR) is 95.1 cm³/mol. The Kier molecular flexibility index (Phi) is 6.33. The quantitative estimate of drug-likeness (QED) is 0.745. The summed E-state index contributed by atoms with van der Waals surface area (Å²) in [6, 6.07) is 8.83. The van der Waals surface area contributed by atoms with Crippen molar-refractivity contribution in [3.05, 3.63) is 53.6 Å². The summed E-state index contributed by atoms with van der Waals surface area (Å²) in [5, 5.41) is 2.65. The fraction of sp³-hybridized carbons (Fsp3) is 0.211. The predicted octanol–water partition coefficient (Wildman–Crippen LogP) is 4.56. The zero-order valence-corrected chi connectivity index (χ0v) is 14.9. The summed E-state index contributed by atoms with van der Waals surface area (Å²) < 4.78 is 51.6. The van der Waals surface area contributed by atoms with E-state index in [0.717, 1.165) is 11.6 Å². The van der Waals surface area contributed by atoms with E-state index in [2.05, 4.69) is 10.1 Å². The first-order valence-electron chi connectivity index (χ1n) is 7.80. The molecule has 0 aliphatic carbocycles. The Bertz CT molecular complexity index is 847. The Balaban J connectivity index is 2.17. The summed E-state index contributed by atoms with van der Waals surface area (Å²) in [5.41, 5.74) is 1.34. The second kappa shape index (κ2) is 8.48. The lowest BCUT2D eigenvalue weighted by atomic mass is 10.1. The first-order valence-corrected chi connectivity index (χ1v) is 7.80. The number of benzene rings is 2. The Morgan fingerprint density at radius 2 is 1.67 bits per heavy atom. The van der Waals surface area contributed by atoms with Crippen LogP contribution in [-0.2, 0) is 4.79 Å². The van der Waals surface area contributed by atoms with Gasteiger partial charge in [-0.15, -0.1) is 13.2 Å². The highest BCUT2D eigenvalue weighted by atomic mass is 19.4. The van der Waals surface area contributed by atoms with E-state index in [9.17, 15) is 18.0 Å². The molecule has 0 saturated heterocycles.